The standard InChI is InChI=1S/C12H11N5O2.C11H19F2N2O/c1-2-17-6-7(3-15-17)9-5-14-11-10(16-9)8(4-13-11)12(18)19;1-10(2,3)8(14)9(16)15-6-4-11(12,13)5-7-15/h3-6H,2H2,1H3,(H,13,14)(H,18,19);8,14H,4-7H2,1-3H3/q;-1/t;8-/m.0/s1. The summed E-state index contributed by atoms with van der Waals surface area (Å²) < 4.78 is 27.6. The monoisotopic (exact) mass is 490 g/mol. The van der Waals surface area contributed by atoms with Gasteiger partial charge in [-0.15, -0.1) is 0 Å². The molecule has 4 heterocycles. The van der Waals surface area contributed by atoms with E-state index in [-0.39, 0.29) is 37.4 Å². The molecule has 3 aromatic heterocycles. The largest absolute Gasteiger partial charge is 0.666 e. The average molecular weight is 491 g/mol. The van der Waals surface area contributed by atoms with Crippen molar-refractivity contribution >= 4 is 23.0 Å². The molecule has 1 fully saturated rings. The van der Waals surface area contributed by atoms with Crippen molar-refractivity contribution in [1.29, 1.82) is 0 Å². The lowest BCUT2D eigenvalue weighted by Crippen LogP contribution is -2.48. The van der Waals surface area contributed by atoms with Crippen molar-refractivity contribution in [2.75, 3.05) is 13.1 Å². The highest BCUT2D eigenvalue weighted by atomic mass is 19.3. The fourth-order valence-corrected chi connectivity index (χ4v) is 3.47. The van der Waals surface area contributed by atoms with Gasteiger partial charge in [0.15, 0.2) is 5.65 Å². The molecule has 1 saturated heterocycles. The fraction of sp³-hybridized carbons (Fsp3) is 0.522. The van der Waals surface area contributed by atoms with Gasteiger partial charge in [-0.25, -0.2) is 23.5 Å². The maximum Gasteiger partial charge on any atom is 0.339 e. The molecule has 1 amide bonds. The zero-order valence-electron chi connectivity index (χ0n) is 20.2. The van der Waals surface area contributed by atoms with Crippen LogP contribution in [-0.4, -0.2) is 71.7 Å². The number of carbonyl (C=O) groups excluding carboxylic acids is 1. The van der Waals surface area contributed by atoms with E-state index in [1.54, 1.807) is 37.8 Å². The molecule has 1 aliphatic heterocycles. The van der Waals surface area contributed by atoms with Gasteiger partial charge >= 0.3 is 5.97 Å². The van der Waals surface area contributed by atoms with E-state index in [1.165, 1.54) is 11.1 Å². The van der Waals surface area contributed by atoms with Crippen LogP contribution in [0.1, 0.15) is 50.9 Å². The predicted molar refractivity (Wildman–Crippen MR) is 126 cm³/mol. The Bertz CT molecular complexity index is 1190. The number of aryl methyl sites for hydroxylation is 1. The second-order valence-electron chi connectivity index (χ2n) is 9.52. The molecule has 35 heavy (non-hydrogen) atoms. The van der Waals surface area contributed by atoms with Crippen molar-refractivity contribution in [2.24, 2.45) is 5.41 Å². The van der Waals surface area contributed by atoms with Crippen molar-refractivity contribution in [2.45, 2.75) is 59.0 Å². The fourth-order valence-electron chi connectivity index (χ4n) is 3.47. The van der Waals surface area contributed by atoms with Gasteiger partial charge in [0.05, 0.1) is 18.1 Å². The molecule has 190 valence electrons. The van der Waals surface area contributed by atoms with E-state index < -0.39 is 23.3 Å². The number of carboxylic acid groups (broad SMARTS) is 1. The van der Waals surface area contributed by atoms with Crippen LogP contribution in [-0.2, 0) is 11.3 Å². The summed E-state index contributed by atoms with van der Waals surface area (Å²) in [5.41, 5.74) is 9.69. The molecular weight excluding hydrogens is 460 g/mol. The average Bonchev–Trinajstić information content (AvgIpc) is 3.44. The molecule has 3 N–H and O–H groups in total. The Kier molecular flexibility index (Phi) is 7.53. The molecule has 0 spiro atoms. The van der Waals surface area contributed by atoms with Gasteiger partial charge in [-0.05, 0) is 12.3 Å². The summed E-state index contributed by atoms with van der Waals surface area (Å²) in [6.45, 7) is 8.30. The third kappa shape index (κ3) is 6.18. The summed E-state index contributed by atoms with van der Waals surface area (Å²) in [5.74, 6) is -4.00. The third-order valence-electron chi connectivity index (χ3n) is 5.78. The van der Waals surface area contributed by atoms with Crippen molar-refractivity contribution in [3.8, 4) is 11.3 Å². The van der Waals surface area contributed by atoms with Gasteiger partial charge < -0.3 is 20.7 Å². The maximum atomic E-state index is 12.9. The number of rotatable bonds is 4. The highest BCUT2D eigenvalue weighted by Crippen LogP contribution is 2.30. The smallest absolute Gasteiger partial charge is 0.339 e. The highest BCUT2D eigenvalue weighted by molar-refractivity contribution is 6.00. The number of nitrogens with one attached hydrogen (secondary N) is 2. The van der Waals surface area contributed by atoms with Crippen LogP contribution in [0.5, 0.6) is 0 Å². The quantitative estimate of drug-likeness (QED) is 0.560. The summed E-state index contributed by atoms with van der Waals surface area (Å²) in [6.07, 6.45) is 5.97. The van der Waals surface area contributed by atoms with Crippen LogP contribution in [0.3, 0.4) is 0 Å². The molecule has 0 aromatic carbocycles. The number of hydrogen-bond donors (Lipinski definition) is 2. The second kappa shape index (κ2) is 10.1. The first-order valence-corrected chi connectivity index (χ1v) is 11.3. The van der Waals surface area contributed by atoms with E-state index in [1.807, 2.05) is 13.1 Å². The maximum absolute atomic E-state index is 12.9. The van der Waals surface area contributed by atoms with Crippen LogP contribution in [0.15, 0.2) is 24.8 Å². The van der Waals surface area contributed by atoms with E-state index in [0.717, 1.165) is 12.1 Å². The topological polar surface area (TPSA) is 141 Å². The van der Waals surface area contributed by atoms with E-state index in [0.29, 0.717) is 16.9 Å². The van der Waals surface area contributed by atoms with Crippen LogP contribution in [0.4, 0.5) is 8.78 Å². The number of likely N-dealkylation sites (tertiary alicyclic amines) is 1. The summed E-state index contributed by atoms with van der Waals surface area (Å²) in [5, 5.41) is 13.2. The van der Waals surface area contributed by atoms with Crippen molar-refractivity contribution < 1.29 is 23.5 Å². The van der Waals surface area contributed by atoms with E-state index in [2.05, 4.69) is 20.1 Å². The van der Waals surface area contributed by atoms with Crippen LogP contribution in [0, 0.1) is 5.41 Å². The zero-order chi connectivity index (χ0) is 26.0. The van der Waals surface area contributed by atoms with Gasteiger partial charge in [0.25, 0.3) is 5.92 Å². The lowest BCUT2D eigenvalue weighted by molar-refractivity contribution is -0.139. The van der Waals surface area contributed by atoms with Crippen molar-refractivity contribution in [1.82, 2.24) is 29.6 Å². The lowest BCUT2D eigenvalue weighted by Gasteiger charge is -2.40. The van der Waals surface area contributed by atoms with Gasteiger partial charge in [0.1, 0.15) is 11.1 Å². The number of aromatic nitrogens is 5. The summed E-state index contributed by atoms with van der Waals surface area (Å²) >= 11 is 0. The van der Waals surface area contributed by atoms with Crippen LogP contribution in [0.2, 0.25) is 0 Å². The SMILES string of the molecule is CC(C)(C)[C@@H]([NH-])C(=O)N1CCC(F)(F)CC1.CCn1cc(-c2cnc3[nH]cc(C(=O)O)c3n2)cn1. The molecule has 0 aliphatic carbocycles. The summed E-state index contributed by atoms with van der Waals surface area (Å²) in [4.78, 5) is 35.6. The number of fused-ring (bicyclic) bond motifs is 1. The Morgan fingerprint density at radius 3 is 2.46 bits per heavy atom. The Morgan fingerprint density at radius 1 is 1.26 bits per heavy atom. The first kappa shape index (κ1) is 26.2. The number of aromatic amines is 1. The third-order valence-corrected chi connectivity index (χ3v) is 5.78. The molecule has 3 aromatic rings. The predicted octanol–water partition coefficient (Wildman–Crippen LogP) is 4.25. The molecule has 4 rings (SSSR count). The van der Waals surface area contributed by atoms with E-state index in [4.69, 9.17) is 10.8 Å². The van der Waals surface area contributed by atoms with E-state index in [9.17, 15) is 18.4 Å². The number of halogens is 2. The number of nitrogens with zero attached hydrogens (tertiary/aromatic N) is 5. The number of hydrogen-bond acceptors (Lipinski definition) is 5. The Hall–Kier alpha value is -3.41. The van der Waals surface area contributed by atoms with Gasteiger partial charge in [-0.3, -0.25) is 9.48 Å². The van der Waals surface area contributed by atoms with E-state index >= 15 is 0 Å². The molecule has 1 atom stereocenters. The van der Waals surface area contributed by atoms with Gasteiger partial charge in [0, 0.05) is 50.4 Å². The number of carboxylic acids is 1. The molecule has 0 bridgehead atoms. The zero-order valence-corrected chi connectivity index (χ0v) is 20.2. The molecular formula is C23H30F2N7O3-. The molecule has 1 aliphatic rings. The molecule has 0 radical (unpaired) electrons. The first-order valence-electron chi connectivity index (χ1n) is 11.3. The van der Waals surface area contributed by atoms with Gasteiger partial charge in [-0.2, -0.15) is 5.10 Å². The molecule has 10 nitrogen and oxygen atoms in total. The first-order chi connectivity index (χ1) is 16.3. The number of piperidine rings is 1. The highest BCUT2D eigenvalue weighted by Gasteiger charge is 2.36. The van der Waals surface area contributed by atoms with Crippen LogP contribution >= 0.6 is 0 Å². The Morgan fingerprint density at radius 2 is 1.91 bits per heavy atom. The summed E-state index contributed by atoms with van der Waals surface area (Å²) in [6, 6.07) is -0.876. The minimum absolute atomic E-state index is 0.0668. The lowest BCUT2D eigenvalue weighted by atomic mass is 9.86. The molecule has 12 heteroatoms. The number of H-pyrrole nitrogens is 1. The number of alkyl halides is 2. The minimum atomic E-state index is -2.64. The van der Waals surface area contributed by atoms with Gasteiger partial charge in [0.2, 0.25) is 5.91 Å². The molecule has 0 saturated carbocycles. The summed E-state index contributed by atoms with van der Waals surface area (Å²) in [7, 11) is 0. The Balaban J connectivity index is 0.000000199. The van der Waals surface area contributed by atoms with Crippen molar-refractivity contribution in [3.63, 3.8) is 0 Å². The molecule has 0 unspecified atom stereocenters. The van der Waals surface area contributed by atoms with Crippen LogP contribution in [0.25, 0.3) is 28.2 Å². The van der Waals surface area contributed by atoms with Crippen LogP contribution < -0.4 is 0 Å². The number of amides is 1. The Labute approximate surface area is 201 Å². The number of aromatic carboxylic acids is 1. The normalized spacial score (nSPS) is 16.5. The van der Waals surface area contributed by atoms with Gasteiger partial charge in [-0.1, -0.05) is 26.8 Å². The minimum Gasteiger partial charge on any atom is -0.666 e. The second-order valence-corrected chi connectivity index (χ2v) is 9.52. The van der Waals surface area contributed by atoms with Crippen molar-refractivity contribution in [3.05, 3.63) is 36.1 Å². The number of carbonyl (C=O) groups is 2.